The van der Waals surface area contributed by atoms with E-state index in [0.29, 0.717) is 11.3 Å². The third-order valence-corrected chi connectivity index (χ3v) is 3.37. The molecule has 0 radical (unpaired) electrons. The van der Waals surface area contributed by atoms with Crippen LogP contribution in [0.5, 0.6) is 0 Å². The first-order chi connectivity index (χ1) is 9.70. The van der Waals surface area contributed by atoms with E-state index in [9.17, 15) is 9.59 Å². The molecule has 98 valence electrons. The molecule has 3 aromatic rings. The second kappa shape index (κ2) is 4.78. The number of aldehydes is 1. The normalized spacial score (nSPS) is 10.7. The molecule has 0 aliphatic rings. The molecule has 0 atom stereocenters. The molecule has 1 aromatic heterocycles. The minimum Gasteiger partial charge on any atom is -0.352 e. The predicted octanol–water partition coefficient (Wildman–Crippen LogP) is 3.85. The van der Waals surface area contributed by atoms with Gasteiger partial charge in [0.2, 0.25) is 0 Å². The largest absolute Gasteiger partial charge is 0.352 e. The van der Waals surface area contributed by atoms with Crippen LogP contribution in [0.3, 0.4) is 0 Å². The summed E-state index contributed by atoms with van der Waals surface area (Å²) in [5.74, 6) is -0.0206. The number of benzene rings is 2. The van der Waals surface area contributed by atoms with Crippen LogP contribution >= 0.6 is 0 Å². The number of fused-ring (bicyclic) bond motifs is 1. The van der Waals surface area contributed by atoms with Crippen molar-refractivity contribution in [2.45, 2.75) is 6.92 Å². The minimum atomic E-state index is -0.0206. The van der Waals surface area contributed by atoms with Crippen LogP contribution in [0.25, 0.3) is 22.0 Å². The van der Waals surface area contributed by atoms with Gasteiger partial charge < -0.3 is 4.98 Å². The van der Waals surface area contributed by atoms with Gasteiger partial charge in [0.05, 0.1) is 5.69 Å². The van der Waals surface area contributed by atoms with Crippen molar-refractivity contribution in [3.63, 3.8) is 0 Å². The number of hydrogen-bond acceptors (Lipinski definition) is 2. The van der Waals surface area contributed by atoms with Gasteiger partial charge in [-0.25, -0.2) is 0 Å². The van der Waals surface area contributed by atoms with Gasteiger partial charge in [-0.2, -0.15) is 0 Å². The van der Waals surface area contributed by atoms with Gasteiger partial charge in [-0.15, -0.1) is 0 Å². The number of carbonyl (C=O) groups excluding carboxylic acids is 2. The van der Waals surface area contributed by atoms with Gasteiger partial charge in [0, 0.05) is 29.0 Å². The van der Waals surface area contributed by atoms with E-state index in [-0.39, 0.29) is 5.78 Å². The van der Waals surface area contributed by atoms with Crippen LogP contribution in [0, 0.1) is 0 Å². The number of rotatable bonds is 3. The fourth-order valence-corrected chi connectivity index (χ4v) is 2.47. The summed E-state index contributed by atoms with van der Waals surface area (Å²) in [6.07, 6.45) is 0.811. The molecule has 1 heterocycles. The van der Waals surface area contributed by atoms with Gasteiger partial charge in [0.25, 0.3) is 0 Å². The van der Waals surface area contributed by atoms with E-state index in [4.69, 9.17) is 0 Å². The predicted molar refractivity (Wildman–Crippen MR) is 79.1 cm³/mol. The summed E-state index contributed by atoms with van der Waals surface area (Å²) in [4.78, 5) is 26.0. The summed E-state index contributed by atoms with van der Waals surface area (Å²) in [6, 6.07) is 15.1. The van der Waals surface area contributed by atoms with Crippen LogP contribution in [-0.4, -0.2) is 17.1 Å². The van der Waals surface area contributed by atoms with E-state index in [1.807, 2.05) is 36.4 Å². The van der Waals surface area contributed by atoms with Crippen molar-refractivity contribution in [3.05, 3.63) is 59.8 Å². The second-order valence-corrected chi connectivity index (χ2v) is 4.72. The van der Waals surface area contributed by atoms with Gasteiger partial charge in [-0.05, 0) is 17.7 Å². The van der Waals surface area contributed by atoms with E-state index < -0.39 is 0 Å². The molecule has 0 spiro atoms. The van der Waals surface area contributed by atoms with Gasteiger partial charge in [-0.1, -0.05) is 36.4 Å². The number of aromatic amines is 1. The Balaban J connectivity index is 2.35. The lowest BCUT2D eigenvalue weighted by Crippen LogP contribution is -1.95. The molecule has 0 amide bonds. The second-order valence-electron chi connectivity index (χ2n) is 4.72. The van der Waals surface area contributed by atoms with Crippen LogP contribution < -0.4 is 0 Å². The highest BCUT2D eigenvalue weighted by atomic mass is 16.1. The fraction of sp³-hybridized carbons (Fsp3) is 0.0588. The Morgan fingerprint density at radius 1 is 1.10 bits per heavy atom. The monoisotopic (exact) mass is 263 g/mol. The highest BCUT2D eigenvalue weighted by Crippen LogP contribution is 2.32. The first-order valence-electron chi connectivity index (χ1n) is 6.38. The topological polar surface area (TPSA) is 49.9 Å². The van der Waals surface area contributed by atoms with E-state index in [2.05, 4.69) is 4.98 Å². The first kappa shape index (κ1) is 12.4. The van der Waals surface area contributed by atoms with Crippen LogP contribution in [0.1, 0.15) is 27.8 Å². The SMILES string of the molecule is CC(=O)c1[nH]c2ccccc2c1-c1cccc(C=O)c1. The molecule has 0 aliphatic heterocycles. The zero-order valence-electron chi connectivity index (χ0n) is 11.0. The van der Waals surface area contributed by atoms with Crippen molar-refractivity contribution in [2.24, 2.45) is 0 Å². The number of H-pyrrole nitrogens is 1. The maximum Gasteiger partial charge on any atom is 0.176 e. The van der Waals surface area contributed by atoms with Crippen LogP contribution in [0.2, 0.25) is 0 Å². The van der Waals surface area contributed by atoms with E-state index in [0.717, 1.165) is 28.3 Å². The molecule has 3 heteroatoms. The number of aromatic nitrogens is 1. The van der Waals surface area contributed by atoms with Crippen molar-refractivity contribution in [2.75, 3.05) is 0 Å². The molecular formula is C17H13NO2. The Labute approximate surface area is 116 Å². The summed E-state index contributed by atoms with van der Waals surface area (Å²) in [7, 11) is 0. The molecule has 1 N–H and O–H groups in total. The van der Waals surface area contributed by atoms with Gasteiger partial charge in [0.15, 0.2) is 5.78 Å². The number of carbonyl (C=O) groups is 2. The lowest BCUT2D eigenvalue weighted by Gasteiger charge is -2.03. The molecule has 3 rings (SSSR count). The minimum absolute atomic E-state index is 0.0206. The third-order valence-electron chi connectivity index (χ3n) is 3.37. The highest BCUT2D eigenvalue weighted by Gasteiger charge is 2.16. The Hall–Kier alpha value is -2.68. The summed E-state index contributed by atoms with van der Waals surface area (Å²) < 4.78 is 0. The van der Waals surface area contributed by atoms with E-state index in [1.165, 1.54) is 6.92 Å². The average Bonchev–Trinajstić information content (AvgIpc) is 2.87. The Kier molecular flexibility index (Phi) is 2.95. The summed E-state index contributed by atoms with van der Waals surface area (Å²) in [5, 5.41) is 0.987. The summed E-state index contributed by atoms with van der Waals surface area (Å²) in [6.45, 7) is 1.54. The zero-order valence-corrected chi connectivity index (χ0v) is 11.0. The van der Waals surface area contributed by atoms with Gasteiger partial charge >= 0.3 is 0 Å². The van der Waals surface area contributed by atoms with Crippen LogP contribution in [-0.2, 0) is 0 Å². The van der Waals surface area contributed by atoms with Crippen LogP contribution in [0.4, 0.5) is 0 Å². The zero-order chi connectivity index (χ0) is 14.1. The van der Waals surface area contributed by atoms with Crippen molar-refractivity contribution in [1.82, 2.24) is 4.98 Å². The number of Topliss-reactive ketones (excluding diaryl/α,β-unsaturated/α-hetero) is 1. The molecule has 2 aromatic carbocycles. The number of hydrogen-bond donors (Lipinski definition) is 1. The Morgan fingerprint density at radius 3 is 2.65 bits per heavy atom. The summed E-state index contributed by atoms with van der Waals surface area (Å²) in [5.41, 5.74) is 3.83. The molecule has 0 saturated heterocycles. The quantitative estimate of drug-likeness (QED) is 0.576. The lowest BCUT2D eigenvalue weighted by molar-refractivity contribution is 0.101. The molecule has 0 fully saturated rings. The molecule has 0 unspecified atom stereocenters. The number of para-hydroxylation sites is 1. The van der Waals surface area contributed by atoms with Gasteiger partial charge in [0.1, 0.15) is 6.29 Å². The molecule has 20 heavy (non-hydrogen) atoms. The molecular weight excluding hydrogens is 250 g/mol. The highest BCUT2D eigenvalue weighted by molar-refractivity contribution is 6.09. The first-order valence-corrected chi connectivity index (χ1v) is 6.38. The molecule has 0 aliphatic carbocycles. The standard InChI is InChI=1S/C17H13NO2/c1-11(20)17-16(13-6-4-5-12(9-13)10-19)14-7-2-3-8-15(14)18-17/h2-10,18H,1H3. The van der Waals surface area contributed by atoms with E-state index in [1.54, 1.807) is 12.1 Å². The lowest BCUT2D eigenvalue weighted by atomic mass is 9.99. The van der Waals surface area contributed by atoms with Crippen molar-refractivity contribution >= 4 is 23.0 Å². The maximum absolute atomic E-state index is 11.9. The smallest absolute Gasteiger partial charge is 0.176 e. The Bertz CT molecular complexity index is 815. The molecule has 3 nitrogen and oxygen atoms in total. The van der Waals surface area contributed by atoms with Crippen molar-refractivity contribution in [3.8, 4) is 11.1 Å². The van der Waals surface area contributed by atoms with Gasteiger partial charge in [-0.3, -0.25) is 9.59 Å². The number of nitrogens with one attached hydrogen (secondary N) is 1. The average molecular weight is 263 g/mol. The number of ketones is 1. The van der Waals surface area contributed by atoms with E-state index >= 15 is 0 Å². The maximum atomic E-state index is 11.9. The molecule has 0 bridgehead atoms. The van der Waals surface area contributed by atoms with Crippen molar-refractivity contribution < 1.29 is 9.59 Å². The third kappa shape index (κ3) is 1.93. The van der Waals surface area contributed by atoms with Crippen molar-refractivity contribution in [1.29, 1.82) is 0 Å². The molecule has 0 saturated carbocycles. The fourth-order valence-electron chi connectivity index (χ4n) is 2.47. The van der Waals surface area contributed by atoms with Crippen LogP contribution in [0.15, 0.2) is 48.5 Å². The summed E-state index contributed by atoms with van der Waals surface area (Å²) >= 11 is 0. The Morgan fingerprint density at radius 2 is 1.90 bits per heavy atom.